The van der Waals surface area contributed by atoms with Gasteiger partial charge in [-0.3, -0.25) is 4.90 Å². The van der Waals surface area contributed by atoms with Crippen LogP contribution in [0.15, 0.2) is 54.9 Å². The number of hydrogen-bond donors (Lipinski definition) is 1. The lowest BCUT2D eigenvalue weighted by Gasteiger charge is -2.11. The number of thiophene rings is 1. The van der Waals surface area contributed by atoms with Gasteiger partial charge < -0.3 is 10.1 Å². The van der Waals surface area contributed by atoms with E-state index >= 15 is 0 Å². The Labute approximate surface area is 206 Å². The Morgan fingerprint density at radius 2 is 2.00 bits per heavy atom. The van der Waals surface area contributed by atoms with E-state index in [2.05, 4.69) is 32.0 Å². The molecule has 5 nitrogen and oxygen atoms in total. The third-order valence-corrected chi connectivity index (χ3v) is 6.77. The van der Waals surface area contributed by atoms with Gasteiger partial charge in [0.1, 0.15) is 35.1 Å². The molecule has 0 saturated carbocycles. The van der Waals surface area contributed by atoms with Crippen molar-refractivity contribution in [3.63, 3.8) is 0 Å². The van der Waals surface area contributed by atoms with Gasteiger partial charge in [-0.15, -0.1) is 11.3 Å². The molecule has 0 radical (unpaired) electrons. The minimum absolute atomic E-state index is 0.229. The highest BCUT2D eigenvalue weighted by Crippen LogP contribution is 2.33. The second-order valence-corrected chi connectivity index (χ2v) is 9.46. The van der Waals surface area contributed by atoms with Crippen LogP contribution in [-0.4, -0.2) is 34.5 Å². The number of benzene rings is 2. The molecule has 3 heterocycles. The first kappa shape index (κ1) is 22.6. The van der Waals surface area contributed by atoms with Gasteiger partial charge in [0.25, 0.3) is 0 Å². The highest BCUT2D eigenvalue weighted by molar-refractivity contribution is 7.19. The summed E-state index contributed by atoms with van der Waals surface area (Å²) in [5.74, 6) is 7.47. The molecule has 1 aliphatic rings. The standard InChI is InChI=1S/C26H22ClFN4OS/c27-23-14-20(8-9-24(23)33-16-18-5-3-6-19(28)13-18)31-25-22-15-21(34-26(22)30-17-29-25)7-4-12-32-10-1-2-11-32/h3,5-6,8-9,13-15,17H,1-2,10-12,16H2,(H,29,30,31). The van der Waals surface area contributed by atoms with Crippen LogP contribution in [0.25, 0.3) is 10.2 Å². The molecule has 0 atom stereocenters. The molecule has 172 valence electrons. The SMILES string of the molecule is Fc1cccc(COc2ccc(Nc3ncnc4sc(C#CCN5CCCC5)cc34)cc2Cl)c1. The van der Waals surface area contributed by atoms with Crippen molar-refractivity contribution in [3.05, 3.63) is 76.1 Å². The summed E-state index contributed by atoms with van der Waals surface area (Å²) in [5, 5.41) is 4.69. The average molecular weight is 493 g/mol. The Morgan fingerprint density at radius 3 is 2.82 bits per heavy atom. The third kappa shape index (κ3) is 5.48. The molecule has 34 heavy (non-hydrogen) atoms. The summed E-state index contributed by atoms with van der Waals surface area (Å²) in [6, 6.07) is 13.8. The van der Waals surface area contributed by atoms with Crippen LogP contribution in [0.5, 0.6) is 5.75 Å². The zero-order chi connectivity index (χ0) is 23.3. The van der Waals surface area contributed by atoms with Crippen LogP contribution >= 0.6 is 22.9 Å². The number of halogens is 2. The van der Waals surface area contributed by atoms with Gasteiger partial charge in [0, 0.05) is 5.69 Å². The van der Waals surface area contributed by atoms with Crippen molar-refractivity contribution in [2.75, 3.05) is 25.0 Å². The summed E-state index contributed by atoms with van der Waals surface area (Å²) >= 11 is 7.99. The third-order valence-electron chi connectivity index (χ3n) is 5.52. The largest absolute Gasteiger partial charge is 0.487 e. The molecule has 0 amide bonds. The van der Waals surface area contributed by atoms with Crippen molar-refractivity contribution in [1.29, 1.82) is 0 Å². The number of hydrogen-bond acceptors (Lipinski definition) is 6. The summed E-state index contributed by atoms with van der Waals surface area (Å²) < 4.78 is 19.1. The molecular formula is C26H22ClFN4OS. The van der Waals surface area contributed by atoms with E-state index in [0.29, 0.717) is 16.6 Å². The molecule has 4 aromatic rings. The number of ether oxygens (including phenoxy) is 1. The quantitative estimate of drug-likeness (QED) is 0.322. The second-order valence-electron chi connectivity index (χ2n) is 8.03. The second kappa shape index (κ2) is 10.4. The Morgan fingerprint density at radius 1 is 1.12 bits per heavy atom. The van der Waals surface area contributed by atoms with Crippen molar-refractivity contribution in [3.8, 4) is 17.6 Å². The molecule has 1 fully saturated rings. The predicted molar refractivity (Wildman–Crippen MR) is 135 cm³/mol. The summed E-state index contributed by atoms with van der Waals surface area (Å²) in [5.41, 5.74) is 1.51. The average Bonchev–Trinajstić information content (AvgIpc) is 3.49. The van der Waals surface area contributed by atoms with Crippen LogP contribution in [0.1, 0.15) is 23.3 Å². The minimum atomic E-state index is -0.294. The fourth-order valence-corrected chi connectivity index (χ4v) is 4.92. The Balaban J connectivity index is 1.28. The molecule has 5 rings (SSSR count). The Bertz CT molecular complexity index is 1370. The van der Waals surface area contributed by atoms with Crippen LogP contribution in [0.3, 0.4) is 0 Å². The van der Waals surface area contributed by atoms with Crippen LogP contribution in [0.2, 0.25) is 5.02 Å². The van der Waals surface area contributed by atoms with Gasteiger partial charge in [-0.2, -0.15) is 0 Å². The summed E-state index contributed by atoms with van der Waals surface area (Å²) in [6.07, 6.45) is 4.07. The maximum absolute atomic E-state index is 13.4. The molecule has 1 N–H and O–H groups in total. The van der Waals surface area contributed by atoms with E-state index < -0.39 is 0 Å². The predicted octanol–water partition coefficient (Wildman–Crippen LogP) is 6.25. The van der Waals surface area contributed by atoms with Crippen LogP contribution in [0, 0.1) is 17.7 Å². The van der Waals surface area contributed by atoms with Gasteiger partial charge in [0.05, 0.1) is 21.8 Å². The zero-order valence-corrected chi connectivity index (χ0v) is 19.9. The monoisotopic (exact) mass is 492 g/mol. The van der Waals surface area contributed by atoms with Crippen molar-refractivity contribution >= 4 is 44.7 Å². The topological polar surface area (TPSA) is 50.3 Å². The first-order valence-electron chi connectivity index (χ1n) is 11.0. The smallest absolute Gasteiger partial charge is 0.142 e. The normalized spacial score (nSPS) is 13.6. The van der Waals surface area contributed by atoms with Crippen molar-refractivity contribution in [1.82, 2.24) is 14.9 Å². The van der Waals surface area contributed by atoms with Crippen LogP contribution in [0.4, 0.5) is 15.9 Å². The molecule has 2 aromatic carbocycles. The fourth-order valence-electron chi connectivity index (χ4n) is 3.82. The van der Waals surface area contributed by atoms with Gasteiger partial charge in [0.2, 0.25) is 0 Å². The van der Waals surface area contributed by atoms with Crippen molar-refractivity contribution < 1.29 is 9.13 Å². The Hall–Kier alpha value is -3.18. The number of nitrogens with one attached hydrogen (secondary N) is 1. The van der Waals surface area contributed by atoms with E-state index in [0.717, 1.165) is 46.0 Å². The molecule has 0 bridgehead atoms. The van der Waals surface area contributed by atoms with Gasteiger partial charge in [0.15, 0.2) is 0 Å². The van der Waals surface area contributed by atoms with Gasteiger partial charge in [-0.1, -0.05) is 35.6 Å². The van der Waals surface area contributed by atoms with E-state index in [-0.39, 0.29) is 12.4 Å². The highest BCUT2D eigenvalue weighted by Gasteiger charge is 2.11. The molecular weight excluding hydrogens is 471 g/mol. The van der Waals surface area contributed by atoms with E-state index in [1.54, 1.807) is 41.9 Å². The highest BCUT2D eigenvalue weighted by atomic mass is 35.5. The number of aromatic nitrogens is 2. The summed E-state index contributed by atoms with van der Waals surface area (Å²) in [4.78, 5) is 13.0. The maximum atomic E-state index is 13.4. The van der Waals surface area contributed by atoms with Gasteiger partial charge in [-0.25, -0.2) is 14.4 Å². The fraction of sp³-hybridized carbons (Fsp3) is 0.231. The lowest BCUT2D eigenvalue weighted by atomic mass is 10.2. The maximum Gasteiger partial charge on any atom is 0.142 e. The summed E-state index contributed by atoms with van der Waals surface area (Å²) in [6.45, 7) is 3.31. The Kier molecular flexibility index (Phi) is 6.91. The van der Waals surface area contributed by atoms with Gasteiger partial charge >= 0.3 is 0 Å². The lowest BCUT2D eigenvalue weighted by Crippen LogP contribution is -2.18. The van der Waals surface area contributed by atoms with Crippen molar-refractivity contribution in [2.45, 2.75) is 19.4 Å². The molecule has 0 unspecified atom stereocenters. The number of anilines is 2. The van der Waals surface area contributed by atoms with E-state index in [4.69, 9.17) is 16.3 Å². The van der Waals surface area contributed by atoms with E-state index in [1.165, 1.54) is 25.0 Å². The van der Waals surface area contributed by atoms with Crippen molar-refractivity contribution in [2.24, 2.45) is 0 Å². The van der Waals surface area contributed by atoms with Crippen LogP contribution < -0.4 is 10.1 Å². The molecule has 0 spiro atoms. The van der Waals surface area contributed by atoms with Gasteiger partial charge in [-0.05, 0) is 67.9 Å². The number of nitrogens with zero attached hydrogens (tertiary/aromatic N) is 3. The number of rotatable bonds is 6. The number of fused-ring (bicyclic) bond motifs is 1. The molecule has 0 aliphatic carbocycles. The van der Waals surface area contributed by atoms with Crippen LogP contribution in [-0.2, 0) is 6.61 Å². The zero-order valence-electron chi connectivity index (χ0n) is 18.4. The molecule has 8 heteroatoms. The first-order valence-corrected chi connectivity index (χ1v) is 12.2. The lowest BCUT2D eigenvalue weighted by molar-refractivity contribution is 0.306. The van der Waals surface area contributed by atoms with E-state index in [9.17, 15) is 4.39 Å². The molecule has 1 saturated heterocycles. The number of likely N-dealkylation sites (tertiary alicyclic amines) is 1. The molecule has 2 aromatic heterocycles. The summed E-state index contributed by atoms with van der Waals surface area (Å²) in [7, 11) is 0. The minimum Gasteiger partial charge on any atom is -0.487 e. The first-order chi connectivity index (χ1) is 16.6. The van der Waals surface area contributed by atoms with E-state index in [1.807, 2.05) is 12.1 Å². The molecule has 1 aliphatic heterocycles.